The molecule has 0 amide bonds. The van der Waals surface area contributed by atoms with Gasteiger partial charge in [0.25, 0.3) is 0 Å². The van der Waals surface area contributed by atoms with E-state index in [4.69, 9.17) is 31.5 Å². The molecule has 212 valence electrons. The molecule has 1 aromatic rings. The molecule has 0 N–H and O–H groups in total. The van der Waals surface area contributed by atoms with E-state index in [0.29, 0.717) is 57.7 Å². The van der Waals surface area contributed by atoms with Crippen LogP contribution in [0.5, 0.6) is 0 Å². The molecule has 1 aromatic carbocycles. The monoisotopic (exact) mass is 557 g/mol. The summed E-state index contributed by atoms with van der Waals surface area (Å²) >= 11 is 0. The van der Waals surface area contributed by atoms with Crippen LogP contribution in [0.25, 0.3) is 6.08 Å². The van der Waals surface area contributed by atoms with Crippen molar-refractivity contribution in [1.29, 1.82) is 0 Å². The summed E-state index contributed by atoms with van der Waals surface area (Å²) < 4.78 is 50.9. The van der Waals surface area contributed by atoms with Gasteiger partial charge < -0.3 is 26.6 Å². The van der Waals surface area contributed by atoms with Gasteiger partial charge in [-0.05, 0) is 97.7 Å². The molecule has 1 rings (SSSR count). The Bertz CT molecular complexity index is 826. The maximum atomic E-state index is 15.0. The number of aryl methyl sites for hydroxylation is 1. The standard InChI is InChI=1S/C27H48FNO6Si2/c1-10-30-36(31-11-2,32-12-3)18-16-23-20-25(28)21-24(26(23)22-29-27(7,8)9)17-19-37(33-13-4,34-14-5)35-15-6/h16,18,20-22H,10-15,17,19H2,1-9H3/b18-16+,29-22?. The number of hydrogen-bond acceptors (Lipinski definition) is 7. The molecule has 0 spiro atoms. The third kappa shape index (κ3) is 11.6. The zero-order valence-electron chi connectivity index (χ0n) is 24.3. The number of halogens is 1. The summed E-state index contributed by atoms with van der Waals surface area (Å²) in [5, 5.41) is 0. The Morgan fingerprint density at radius 3 is 1.70 bits per heavy atom. The maximum absolute atomic E-state index is 15.0. The quantitative estimate of drug-likeness (QED) is 0.157. The molecular weight excluding hydrogens is 509 g/mol. The number of rotatable bonds is 18. The Hall–Kier alpha value is -1.25. The minimum Gasteiger partial charge on any atom is -0.374 e. The van der Waals surface area contributed by atoms with E-state index in [1.165, 1.54) is 6.07 Å². The van der Waals surface area contributed by atoms with Crippen LogP contribution in [0.2, 0.25) is 6.04 Å². The van der Waals surface area contributed by atoms with Crippen LogP contribution in [0, 0.1) is 5.82 Å². The summed E-state index contributed by atoms with van der Waals surface area (Å²) in [7, 11) is -5.99. The lowest BCUT2D eigenvalue weighted by Crippen LogP contribution is -2.46. The molecule has 7 nitrogen and oxygen atoms in total. The van der Waals surface area contributed by atoms with Gasteiger partial charge in [-0.15, -0.1) is 0 Å². The van der Waals surface area contributed by atoms with Crippen LogP contribution >= 0.6 is 0 Å². The highest BCUT2D eigenvalue weighted by Crippen LogP contribution is 2.26. The fourth-order valence-corrected chi connectivity index (χ4v) is 8.52. The summed E-state index contributed by atoms with van der Waals surface area (Å²) in [6, 6.07) is 3.59. The predicted octanol–water partition coefficient (Wildman–Crippen LogP) is 6.23. The lowest BCUT2D eigenvalue weighted by Gasteiger charge is -2.28. The zero-order chi connectivity index (χ0) is 28.0. The molecule has 0 radical (unpaired) electrons. The molecule has 0 saturated carbocycles. The van der Waals surface area contributed by atoms with Crippen LogP contribution in [0.15, 0.2) is 22.8 Å². The first-order valence-corrected chi connectivity index (χ1v) is 17.2. The van der Waals surface area contributed by atoms with Crippen molar-refractivity contribution < 1.29 is 30.9 Å². The number of hydrogen-bond donors (Lipinski definition) is 0. The minimum absolute atomic E-state index is 0.298. The van der Waals surface area contributed by atoms with Gasteiger partial charge in [-0.25, -0.2) is 4.39 Å². The normalized spacial score (nSPS) is 13.4. The third-order valence-corrected chi connectivity index (χ3v) is 10.8. The molecule has 0 atom stereocenters. The van der Waals surface area contributed by atoms with Crippen molar-refractivity contribution in [2.75, 3.05) is 39.6 Å². The smallest absolute Gasteiger partial charge is 0.374 e. The molecule has 0 unspecified atom stereocenters. The fourth-order valence-electron chi connectivity index (χ4n) is 3.81. The summed E-state index contributed by atoms with van der Waals surface area (Å²) in [5.41, 5.74) is 3.84. The lowest BCUT2D eigenvalue weighted by molar-refractivity contribution is 0.0713. The largest absolute Gasteiger partial charge is 0.529 e. The van der Waals surface area contributed by atoms with Crippen molar-refractivity contribution in [1.82, 2.24) is 0 Å². The van der Waals surface area contributed by atoms with Crippen LogP contribution in [-0.2, 0) is 33.0 Å². The Kier molecular flexibility index (Phi) is 15.2. The molecule has 0 saturated heterocycles. The first-order valence-electron chi connectivity index (χ1n) is 13.4. The minimum atomic E-state index is -3.08. The summed E-state index contributed by atoms with van der Waals surface area (Å²) in [5.74, 6) is -0.337. The van der Waals surface area contributed by atoms with E-state index in [2.05, 4.69) is 0 Å². The molecule has 0 aliphatic carbocycles. The van der Waals surface area contributed by atoms with E-state index in [9.17, 15) is 4.39 Å². The highest BCUT2D eigenvalue weighted by atomic mass is 28.4. The van der Waals surface area contributed by atoms with Crippen LogP contribution in [0.4, 0.5) is 4.39 Å². The first kappa shape index (κ1) is 33.8. The Morgan fingerprint density at radius 1 is 0.784 bits per heavy atom. The number of aliphatic imine (C=N–C) groups is 1. The van der Waals surface area contributed by atoms with Gasteiger partial charge >= 0.3 is 17.6 Å². The Labute approximate surface area is 226 Å². The average Bonchev–Trinajstić information content (AvgIpc) is 2.81. The van der Waals surface area contributed by atoms with E-state index in [1.54, 1.807) is 6.07 Å². The highest BCUT2D eigenvalue weighted by molar-refractivity contribution is 6.67. The summed E-state index contributed by atoms with van der Waals surface area (Å²) in [4.78, 5) is 4.74. The summed E-state index contributed by atoms with van der Waals surface area (Å²) in [6.07, 6.45) is 4.17. The van der Waals surface area contributed by atoms with Gasteiger partial charge in [0.2, 0.25) is 0 Å². The van der Waals surface area contributed by atoms with Gasteiger partial charge in [-0.2, -0.15) is 0 Å². The van der Waals surface area contributed by atoms with Crippen LogP contribution < -0.4 is 0 Å². The molecule has 10 heteroatoms. The lowest BCUT2D eigenvalue weighted by atomic mass is 9.99. The molecule has 0 fully saturated rings. The molecule has 0 heterocycles. The SMILES string of the molecule is CCO[Si](/C=C/c1cc(F)cc(CC[Si](OCC)(OCC)OCC)c1C=NC(C)(C)C)(OCC)OCC. The van der Waals surface area contributed by atoms with E-state index in [-0.39, 0.29) is 11.4 Å². The Morgan fingerprint density at radius 2 is 1.27 bits per heavy atom. The highest BCUT2D eigenvalue weighted by Gasteiger charge is 2.40. The van der Waals surface area contributed by atoms with E-state index in [1.807, 2.05) is 80.3 Å². The van der Waals surface area contributed by atoms with Crippen molar-refractivity contribution in [3.8, 4) is 0 Å². The van der Waals surface area contributed by atoms with Crippen molar-refractivity contribution in [3.05, 3.63) is 40.3 Å². The molecule has 0 aliphatic rings. The second-order valence-electron chi connectivity index (χ2n) is 9.21. The van der Waals surface area contributed by atoms with E-state index >= 15 is 0 Å². The molecule has 0 aromatic heterocycles. The van der Waals surface area contributed by atoms with Gasteiger partial charge in [-0.1, -0.05) is 6.08 Å². The topological polar surface area (TPSA) is 67.7 Å². The van der Waals surface area contributed by atoms with Gasteiger partial charge in [0, 0.05) is 57.5 Å². The molecule has 0 aliphatic heterocycles. The first-order chi connectivity index (χ1) is 17.5. The number of nitrogens with zero attached hydrogens (tertiary/aromatic N) is 1. The van der Waals surface area contributed by atoms with Gasteiger partial charge in [0.15, 0.2) is 0 Å². The average molecular weight is 558 g/mol. The predicted molar refractivity (Wildman–Crippen MR) is 153 cm³/mol. The Balaban J connectivity index is 3.60. The second-order valence-corrected chi connectivity index (χ2v) is 14.4. The number of benzene rings is 1. The van der Waals surface area contributed by atoms with E-state index < -0.39 is 17.6 Å². The van der Waals surface area contributed by atoms with Crippen molar-refractivity contribution in [2.24, 2.45) is 4.99 Å². The van der Waals surface area contributed by atoms with Crippen LogP contribution in [-0.4, -0.2) is 69.0 Å². The zero-order valence-corrected chi connectivity index (χ0v) is 26.3. The fraction of sp³-hybridized carbons (Fsp3) is 0.667. The van der Waals surface area contributed by atoms with Crippen molar-refractivity contribution >= 4 is 29.9 Å². The summed E-state index contributed by atoms with van der Waals surface area (Å²) in [6.45, 7) is 20.4. The van der Waals surface area contributed by atoms with Gasteiger partial charge in [0.05, 0.1) is 5.54 Å². The molecule has 37 heavy (non-hydrogen) atoms. The second kappa shape index (κ2) is 16.7. The van der Waals surface area contributed by atoms with Crippen molar-refractivity contribution in [2.45, 2.75) is 80.3 Å². The third-order valence-electron chi connectivity index (χ3n) is 5.14. The molecule has 0 bridgehead atoms. The van der Waals surface area contributed by atoms with Crippen LogP contribution in [0.3, 0.4) is 0 Å². The van der Waals surface area contributed by atoms with E-state index in [0.717, 1.165) is 11.1 Å². The van der Waals surface area contributed by atoms with Crippen molar-refractivity contribution in [3.63, 3.8) is 0 Å². The van der Waals surface area contributed by atoms with Gasteiger partial charge in [0.1, 0.15) is 5.82 Å². The maximum Gasteiger partial charge on any atom is 0.529 e. The van der Waals surface area contributed by atoms with Crippen LogP contribution in [0.1, 0.15) is 79.0 Å². The molecular formula is C27H48FNO6Si2. The van der Waals surface area contributed by atoms with Gasteiger partial charge in [-0.3, -0.25) is 4.99 Å².